The fraction of sp³-hybridized carbons (Fsp3) is 0.222. The van der Waals surface area contributed by atoms with E-state index in [9.17, 15) is 9.59 Å². The molecule has 0 fully saturated rings. The van der Waals surface area contributed by atoms with Crippen LogP contribution < -0.4 is 5.32 Å². The first-order valence-electron chi connectivity index (χ1n) is 7.46. The van der Waals surface area contributed by atoms with E-state index in [4.69, 9.17) is 23.2 Å². The van der Waals surface area contributed by atoms with E-state index >= 15 is 0 Å². The van der Waals surface area contributed by atoms with E-state index in [1.807, 2.05) is 30.3 Å². The maximum atomic E-state index is 12.1. The molecule has 0 aliphatic rings. The Kier molecular flexibility index (Phi) is 6.64. The largest absolute Gasteiger partial charge is 0.350 e. The van der Waals surface area contributed by atoms with Crippen LogP contribution >= 0.6 is 23.2 Å². The number of hydrogen-bond donors (Lipinski definition) is 1. The van der Waals surface area contributed by atoms with E-state index in [0.29, 0.717) is 23.1 Å². The summed E-state index contributed by atoms with van der Waals surface area (Å²) in [4.78, 5) is 25.4. The molecule has 0 spiro atoms. The second-order valence-corrected chi connectivity index (χ2v) is 6.21. The van der Waals surface area contributed by atoms with Gasteiger partial charge in [0.1, 0.15) is 0 Å². The maximum Gasteiger partial charge on any atom is 0.239 e. The SMILES string of the molecule is CC(=O)N(CC(=O)NCc1ccccc1Cl)Cc1ccc(Cl)cc1. The van der Waals surface area contributed by atoms with Crippen molar-refractivity contribution in [1.29, 1.82) is 0 Å². The second kappa shape index (κ2) is 8.71. The first kappa shape index (κ1) is 18.3. The molecule has 0 saturated heterocycles. The maximum absolute atomic E-state index is 12.1. The standard InChI is InChI=1S/C18H18Cl2N2O2/c1-13(23)22(11-14-6-8-16(19)9-7-14)12-18(24)21-10-15-4-2-3-5-17(15)20/h2-9H,10-12H2,1H3,(H,21,24). The number of halogens is 2. The highest BCUT2D eigenvalue weighted by atomic mass is 35.5. The van der Waals surface area contributed by atoms with Gasteiger partial charge >= 0.3 is 0 Å². The summed E-state index contributed by atoms with van der Waals surface area (Å²) in [6.07, 6.45) is 0. The average Bonchev–Trinajstić information content (AvgIpc) is 2.55. The predicted molar refractivity (Wildman–Crippen MR) is 95.8 cm³/mol. The van der Waals surface area contributed by atoms with Gasteiger partial charge in [0.2, 0.25) is 11.8 Å². The van der Waals surface area contributed by atoms with Crippen molar-refractivity contribution in [1.82, 2.24) is 10.2 Å². The van der Waals surface area contributed by atoms with E-state index in [1.165, 1.54) is 11.8 Å². The molecule has 24 heavy (non-hydrogen) atoms. The Labute approximate surface area is 151 Å². The Balaban J connectivity index is 1.92. The summed E-state index contributed by atoms with van der Waals surface area (Å²) in [7, 11) is 0. The van der Waals surface area contributed by atoms with Crippen molar-refractivity contribution >= 4 is 35.0 Å². The summed E-state index contributed by atoms with van der Waals surface area (Å²) < 4.78 is 0. The van der Waals surface area contributed by atoms with Crippen molar-refractivity contribution in [2.75, 3.05) is 6.54 Å². The van der Waals surface area contributed by atoms with Crippen LogP contribution in [0.3, 0.4) is 0 Å². The molecule has 2 aromatic rings. The fourth-order valence-electron chi connectivity index (χ4n) is 2.15. The summed E-state index contributed by atoms with van der Waals surface area (Å²) in [6.45, 7) is 2.11. The van der Waals surface area contributed by atoms with E-state index < -0.39 is 0 Å². The monoisotopic (exact) mass is 364 g/mol. The van der Waals surface area contributed by atoms with Crippen LogP contribution in [-0.2, 0) is 22.7 Å². The molecule has 6 heteroatoms. The first-order chi connectivity index (χ1) is 11.5. The van der Waals surface area contributed by atoms with E-state index in [1.54, 1.807) is 18.2 Å². The highest BCUT2D eigenvalue weighted by Crippen LogP contribution is 2.14. The van der Waals surface area contributed by atoms with Gasteiger partial charge in [0, 0.05) is 30.1 Å². The van der Waals surface area contributed by atoms with Crippen molar-refractivity contribution < 1.29 is 9.59 Å². The van der Waals surface area contributed by atoms with Gasteiger partial charge in [-0.3, -0.25) is 9.59 Å². The third-order valence-electron chi connectivity index (χ3n) is 3.50. The van der Waals surface area contributed by atoms with Crippen molar-refractivity contribution in [2.45, 2.75) is 20.0 Å². The molecule has 0 unspecified atom stereocenters. The van der Waals surface area contributed by atoms with Gasteiger partial charge in [-0.25, -0.2) is 0 Å². The number of amides is 2. The van der Waals surface area contributed by atoms with Crippen LogP contribution in [-0.4, -0.2) is 23.3 Å². The van der Waals surface area contributed by atoms with Gasteiger partial charge < -0.3 is 10.2 Å². The summed E-state index contributed by atoms with van der Waals surface area (Å²) in [6, 6.07) is 14.5. The molecule has 0 bridgehead atoms. The number of carbonyl (C=O) groups is 2. The number of nitrogens with zero attached hydrogens (tertiary/aromatic N) is 1. The van der Waals surface area contributed by atoms with E-state index in [-0.39, 0.29) is 18.4 Å². The molecule has 4 nitrogen and oxygen atoms in total. The summed E-state index contributed by atoms with van der Waals surface area (Å²) in [5.74, 6) is -0.406. The number of rotatable bonds is 6. The molecule has 0 radical (unpaired) electrons. The molecule has 0 aliphatic heterocycles. The van der Waals surface area contributed by atoms with Crippen molar-refractivity contribution in [3.8, 4) is 0 Å². The quantitative estimate of drug-likeness (QED) is 0.850. The predicted octanol–water partition coefficient (Wildman–Crippen LogP) is 3.66. The minimum absolute atomic E-state index is 0.0115. The van der Waals surface area contributed by atoms with Gasteiger partial charge in [0.05, 0.1) is 6.54 Å². The van der Waals surface area contributed by atoms with Crippen LogP contribution in [0.2, 0.25) is 10.0 Å². The molecule has 0 aliphatic carbocycles. The molecular weight excluding hydrogens is 347 g/mol. The zero-order valence-corrected chi connectivity index (χ0v) is 14.8. The smallest absolute Gasteiger partial charge is 0.239 e. The highest BCUT2D eigenvalue weighted by molar-refractivity contribution is 6.31. The normalized spacial score (nSPS) is 10.3. The van der Waals surface area contributed by atoms with Crippen LogP contribution in [0.4, 0.5) is 0 Å². The van der Waals surface area contributed by atoms with Gasteiger partial charge in [-0.15, -0.1) is 0 Å². The van der Waals surface area contributed by atoms with Crippen molar-refractivity contribution in [2.24, 2.45) is 0 Å². The zero-order chi connectivity index (χ0) is 17.5. The lowest BCUT2D eigenvalue weighted by Crippen LogP contribution is -2.39. The Bertz CT molecular complexity index is 717. The van der Waals surface area contributed by atoms with Gasteiger partial charge in [-0.05, 0) is 29.3 Å². The van der Waals surface area contributed by atoms with Crippen LogP contribution in [0, 0.1) is 0 Å². The molecule has 0 atom stereocenters. The van der Waals surface area contributed by atoms with Crippen LogP contribution in [0.5, 0.6) is 0 Å². The minimum atomic E-state index is -0.237. The summed E-state index contributed by atoms with van der Waals surface area (Å²) in [5.41, 5.74) is 1.74. The molecule has 0 aromatic heterocycles. The van der Waals surface area contributed by atoms with Gasteiger partial charge in [-0.1, -0.05) is 53.5 Å². The topological polar surface area (TPSA) is 49.4 Å². The third kappa shape index (κ3) is 5.55. The molecule has 2 amide bonds. The van der Waals surface area contributed by atoms with Gasteiger partial charge in [0.25, 0.3) is 0 Å². The van der Waals surface area contributed by atoms with E-state index in [2.05, 4.69) is 5.32 Å². The van der Waals surface area contributed by atoms with Crippen LogP contribution in [0.25, 0.3) is 0 Å². The molecule has 126 valence electrons. The van der Waals surface area contributed by atoms with Crippen LogP contribution in [0.15, 0.2) is 48.5 Å². The van der Waals surface area contributed by atoms with Crippen molar-refractivity contribution in [3.05, 3.63) is 69.7 Å². The van der Waals surface area contributed by atoms with Gasteiger partial charge in [0.15, 0.2) is 0 Å². The Morgan fingerprint density at radius 2 is 1.71 bits per heavy atom. The lowest BCUT2D eigenvalue weighted by molar-refractivity contribution is -0.135. The number of carbonyl (C=O) groups excluding carboxylic acids is 2. The molecule has 2 rings (SSSR count). The Morgan fingerprint density at radius 3 is 2.33 bits per heavy atom. The number of nitrogens with one attached hydrogen (secondary N) is 1. The summed E-state index contributed by atoms with van der Waals surface area (Å²) >= 11 is 11.9. The minimum Gasteiger partial charge on any atom is -0.350 e. The van der Waals surface area contributed by atoms with Crippen LogP contribution in [0.1, 0.15) is 18.1 Å². The molecular formula is C18H18Cl2N2O2. The first-order valence-corrected chi connectivity index (χ1v) is 8.21. The average molecular weight is 365 g/mol. The Hall–Kier alpha value is -2.04. The molecule has 2 aromatic carbocycles. The van der Waals surface area contributed by atoms with Gasteiger partial charge in [-0.2, -0.15) is 0 Å². The second-order valence-electron chi connectivity index (χ2n) is 5.37. The lowest BCUT2D eigenvalue weighted by Gasteiger charge is -2.20. The summed E-state index contributed by atoms with van der Waals surface area (Å²) in [5, 5.41) is 4.01. The number of hydrogen-bond acceptors (Lipinski definition) is 2. The third-order valence-corrected chi connectivity index (χ3v) is 4.12. The highest BCUT2D eigenvalue weighted by Gasteiger charge is 2.14. The molecule has 1 N–H and O–H groups in total. The van der Waals surface area contributed by atoms with E-state index in [0.717, 1.165) is 11.1 Å². The zero-order valence-electron chi connectivity index (χ0n) is 13.3. The molecule has 0 saturated carbocycles. The van der Waals surface area contributed by atoms with Crippen molar-refractivity contribution in [3.63, 3.8) is 0 Å². The fourth-order valence-corrected chi connectivity index (χ4v) is 2.48. The lowest BCUT2D eigenvalue weighted by atomic mass is 10.2. The number of benzene rings is 2. The Morgan fingerprint density at radius 1 is 1.04 bits per heavy atom. The molecule has 0 heterocycles.